The molecule has 0 radical (unpaired) electrons. The fraction of sp³-hybridized carbons (Fsp3) is 0.188. The van der Waals surface area contributed by atoms with E-state index >= 15 is 0 Å². The van der Waals surface area contributed by atoms with Crippen molar-refractivity contribution in [1.82, 2.24) is 4.57 Å². The quantitative estimate of drug-likeness (QED) is 0.398. The number of methoxy groups -OCH3 is 2. The van der Waals surface area contributed by atoms with Gasteiger partial charge in [-0.15, -0.1) is 0 Å². The molecular weight excluding hydrogens is 346 g/mol. The largest absolute Gasteiger partial charge is 0.493 e. The molecule has 0 N–H and O–H groups in total. The zero-order valence-corrected chi connectivity index (χ0v) is 14.0. The standard InChI is InChI=1S/C16H13N3O7/c1-17-15-10(4-8(18(21)22)5-12(15)19(23)24)9-6-13(25-2)14(26-3)7-11(9)16(17)20/h4-7H,1-3H3. The molecule has 134 valence electrons. The smallest absolute Gasteiger partial charge is 0.300 e. The van der Waals surface area contributed by atoms with Gasteiger partial charge >= 0.3 is 0 Å². The van der Waals surface area contributed by atoms with Crippen LogP contribution in [0.5, 0.6) is 11.5 Å². The van der Waals surface area contributed by atoms with Gasteiger partial charge in [0.05, 0.1) is 35.5 Å². The number of ether oxygens (including phenoxy) is 2. The van der Waals surface area contributed by atoms with Crippen molar-refractivity contribution >= 4 is 33.1 Å². The topological polar surface area (TPSA) is 127 Å². The molecule has 0 atom stereocenters. The van der Waals surface area contributed by atoms with Gasteiger partial charge in [-0.25, -0.2) is 0 Å². The summed E-state index contributed by atoms with van der Waals surface area (Å²) in [6.07, 6.45) is 0. The lowest BCUT2D eigenvalue weighted by atomic mass is 10.0. The summed E-state index contributed by atoms with van der Waals surface area (Å²) in [4.78, 5) is 33.9. The van der Waals surface area contributed by atoms with Gasteiger partial charge in [0.25, 0.3) is 16.9 Å². The van der Waals surface area contributed by atoms with Crippen molar-refractivity contribution in [3.63, 3.8) is 0 Å². The van der Waals surface area contributed by atoms with E-state index in [0.29, 0.717) is 16.9 Å². The van der Waals surface area contributed by atoms with Gasteiger partial charge in [-0.05, 0) is 12.1 Å². The van der Waals surface area contributed by atoms with Crippen molar-refractivity contribution in [3.8, 4) is 11.5 Å². The predicted molar refractivity (Wildman–Crippen MR) is 93.1 cm³/mol. The molecule has 3 rings (SSSR count). The van der Waals surface area contributed by atoms with Crippen molar-refractivity contribution in [2.45, 2.75) is 0 Å². The third-order valence-corrected chi connectivity index (χ3v) is 4.17. The molecule has 10 heteroatoms. The second-order valence-electron chi connectivity index (χ2n) is 5.49. The number of benzene rings is 2. The first-order valence-electron chi connectivity index (χ1n) is 7.31. The molecule has 0 amide bonds. The highest BCUT2D eigenvalue weighted by molar-refractivity contribution is 6.10. The molecule has 2 aromatic carbocycles. The minimum absolute atomic E-state index is 0.00896. The van der Waals surface area contributed by atoms with Crippen molar-refractivity contribution < 1.29 is 19.3 Å². The number of aryl methyl sites for hydroxylation is 1. The Labute approximate surface area is 145 Å². The van der Waals surface area contributed by atoms with Gasteiger partial charge in [-0.1, -0.05) is 0 Å². The minimum atomic E-state index is -0.749. The number of nitrogens with zero attached hydrogens (tertiary/aromatic N) is 3. The molecule has 1 aromatic heterocycles. The van der Waals surface area contributed by atoms with Crippen LogP contribution in [-0.2, 0) is 7.05 Å². The Morgan fingerprint density at radius 3 is 1.96 bits per heavy atom. The summed E-state index contributed by atoms with van der Waals surface area (Å²) in [6.45, 7) is 0. The number of hydrogen-bond donors (Lipinski definition) is 0. The maximum Gasteiger partial charge on any atom is 0.300 e. The third kappa shape index (κ3) is 2.39. The summed E-state index contributed by atoms with van der Waals surface area (Å²) < 4.78 is 11.5. The molecule has 0 fully saturated rings. The molecular formula is C16H13N3O7. The predicted octanol–water partition coefficient (Wildman–Crippen LogP) is 2.53. The van der Waals surface area contributed by atoms with E-state index in [1.54, 1.807) is 0 Å². The van der Waals surface area contributed by atoms with Crippen LogP contribution in [0.15, 0.2) is 29.1 Å². The molecule has 0 aliphatic heterocycles. The molecule has 1 heterocycles. The van der Waals surface area contributed by atoms with Crippen LogP contribution in [-0.4, -0.2) is 28.6 Å². The SMILES string of the molecule is COc1cc2c(=O)n(C)c3c([N+](=O)[O-])cc([N+](=O)[O-])cc3c2cc1OC. The number of hydrogen-bond acceptors (Lipinski definition) is 7. The molecule has 26 heavy (non-hydrogen) atoms. The number of rotatable bonds is 4. The molecule has 3 aromatic rings. The Morgan fingerprint density at radius 1 is 0.885 bits per heavy atom. The Hall–Kier alpha value is -3.69. The van der Waals surface area contributed by atoms with Crippen LogP contribution in [0.1, 0.15) is 0 Å². The summed E-state index contributed by atoms with van der Waals surface area (Å²) >= 11 is 0. The number of aromatic nitrogens is 1. The van der Waals surface area contributed by atoms with Gasteiger partial charge in [0.1, 0.15) is 5.52 Å². The molecule has 0 saturated carbocycles. The summed E-state index contributed by atoms with van der Waals surface area (Å²) in [7, 11) is 4.18. The Balaban J connectivity index is 2.65. The third-order valence-electron chi connectivity index (χ3n) is 4.17. The van der Waals surface area contributed by atoms with Crippen LogP contribution in [0, 0.1) is 20.2 Å². The monoisotopic (exact) mass is 359 g/mol. The van der Waals surface area contributed by atoms with Crippen molar-refractivity contribution in [1.29, 1.82) is 0 Å². The van der Waals surface area contributed by atoms with Crippen LogP contribution in [0.3, 0.4) is 0 Å². The fourth-order valence-electron chi connectivity index (χ4n) is 2.97. The average molecular weight is 359 g/mol. The number of nitro groups is 2. The summed E-state index contributed by atoms with van der Waals surface area (Å²) in [6, 6.07) is 4.97. The van der Waals surface area contributed by atoms with E-state index in [-0.39, 0.29) is 16.3 Å². The van der Waals surface area contributed by atoms with Gasteiger partial charge in [0.2, 0.25) is 0 Å². The van der Waals surface area contributed by atoms with Gasteiger partial charge in [-0.2, -0.15) is 0 Å². The zero-order valence-electron chi connectivity index (χ0n) is 14.0. The average Bonchev–Trinajstić information content (AvgIpc) is 2.63. The van der Waals surface area contributed by atoms with E-state index in [1.807, 2.05) is 0 Å². The molecule has 0 aliphatic rings. The van der Waals surface area contributed by atoms with Crippen LogP contribution in [0.25, 0.3) is 21.7 Å². The van der Waals surface area contributed by atoms with Crippen molar-refractivity contribution in [3.05, 3.63) is 54.8 Å². The van der Waals surface area contributed by atoms with E-state index in [1.165, 1.54) is 39.5 Å². The number of pyridine rings is 1. The zero-order chi connectivity index (χ0) is 19.2. The maximum absolute atomic E-state index is 12.7. The van der Waals surface area contributed by atoms with Crippen LogP contribution in [0.4, 0.5) is 11.4 Å². The molecule has 0 unspecified atom stereocenters. The second kappa shape index (κ2) is 5.99. The normalized spacial score (nSPS) is 10.9. The number of nitro benzene ring substituents is 2. The van der Waals surface area contributed by atoms with E-state index in [4.69, 9.17) is 9.47 Å². The van der Waals surface area contributed by atoms with Gasteiger partial charge in [0, 0.05) is 23.9 Å². The number of fused-ring (bicyclic) bond motifs is 3. The second-order valence-corrected chi connectivity index (χ2v) is 5.49. The van der Waals surface area contributed by atoms with Crippen molar-refractivity contribution in [2.75, 3.05) is 14.2 Å². The van der Waals surface area contributed by atoms with Crippen LogP contribution >= 0.6 is 0 Å². The van der Waals surface area contributed by atoms with Gasteiger partial charge in [0.15, 0.2) is 11.5 Å². The highest BCUT2D eigenvalue weighted by Gasteiger charge is 2.24. The first-order valence-corrected chi connectivity index (χ1v) is 7.31. The lowest BCUT2D eigenvalue weighted by molar-refractivity contribution is -0.393. The Kier molecular flexibility index (Phi) is 3.95. The first kappa shape index (κ1) is 17.1. The number of non-ortho nitro benzene ring substituents is 2. The van der Waals surface area contributed by atoms with Gasteiger partial charge < -0.3 is 14.0 Å². The van der Waals surface area contributed by atoms with Crippen LogP contribution < -0.4 is 15.0 Å². The van der Waals surface area contributed by atoms with E-state index in [2.05, 4.69) is 0 Å². The molecule has 0 spiro atoms. The fourth-order valence-corrected chi connectivity index (χ4v) is 2.97. The minimum Gasteiger partial charge on any atom is -0.493 e. The van der Waals surface area contributed by atoms with Crippen molar-refractivity contribution in [2.24, 2.45) is 7.05 Å². The van der Waals surface area contributed by atoms with E-state index in [0.717, 1.165) is 10.6 Å². The lowest BCUT2D eigenvalue weighted by Gasteiger charge is -2.13. The molecule has 0 saturated heterocycles. The Bertz CT molecular complexity index is 1150. The molecule has 10 nitrogen and oxygen atoms in total. The van der Waals surface area contributed by atoms with Crippen LogP contribution in [0.2, 0.25) is 0 Å². The molecule has 0 aliphatic carbocycles. The highest BCUT2D eigenvalue weighted by Crippen LogP contribution is 2.38. The first-order chi connectivity index (χ1) is 12.3. The lowest BCUT2D eigenvalue weighted by Crippen LogP contribution is -2.18. The Morgan fingerprint density at radius 2 is 1.46 bits per heavy atom. The van der Waals surface area contributed by atoms with E-state index < -0.39 is 26.8 Å². The van der Waals surface area contributed by atoms with E-state index in [9.17, 15) is 25.0 Å². The van der Waals surface area contributed by atoms with Gasteiger partial charge in [-0.3, -0.25) is 25.0 Å². The molecule has 0 bridgehead atoms. The summed E-state index contributed by atoms with van der Waals surface area (Å²) in [5.41, 5.74) is -1.47. The summed E-state index contributed by atoms with van der Waals surface area (Å²) in [5, 5.41) is 23.3. The maximum atomic E-state index is 12.7. The summed E-state index contributed by atoms with van der Waals surface area (Å²) in [5.74, 6) is 0.597. The highest BCUT2D eigenvalue weighted by atomic mass is 16.6.